The summed E-state index contributed by atoms with van der Waals surface area (Å²) >= 11 is 0. The van der Waals surface area contributed by atoms with Crippen LogP contribution in [0.5, 0.6) is 0 Å². The number of furan rings is 1. The first-order valence-corrected chi connectivity index (χ1v) is 6.98. The second kappa shape index (κ2) is 3.94. The molecule has 0 bridgehead atoms. The van der Waals surface area contributed by atoms with Gasteiger partial charge in [0.25, 0.3) is 11.5 Å². The second-order valence-electron chi connectivity index (χ2n) is 5.98. The predicted molar refractivity (Wildman–Crippen MR) is 72.9 cm³/mol. The molecule has 7 heteroatoms. The van der Waals surface area contributed by atoms with E-state index in [1.54, 1.807) is 11.8 Å². The maximum Gasteiger partial charge on any atom is 0.262 e. The van der Waals surface area contributed by atoms with E-state index in [-0.39, 0.29) is 22.6 Å². The molecule has 1 saturated carbocycles. The molecule has 110 valence electrons. The van der Waals surface area contributed by atoms with Crippen molar-refractivity contribution >= 4 is 17.0 Å². The van der Waals surface area contributed by atoms with Crippen LogP contribution in [0, 0.1) is 12.8 Å². The summed E-state index contributed by atoms with van der Waals surface area (Å²) in [4.78, 5) is 32.4. The highest BCUT2D eigenvalue weighted by Crippen LogP contribution is 2.45. The van der Waals surface area contributed by atoms with Crippen LogP contribution in [0.15, 0.2) is 15.5 Å². The molecule has 0 atom stereocenters. The average molecular weight is 289 g/mol. The van der Waals surface area contributed by atoms with Gasteiger partial charge in [0.2, 0.25) is 5.71 Å². The molecular formula is C14H15N3O4. The topological polar surface area (TPSA) is 99.4 Å². The molecule has 21 heavy (non-hydrogen) atoms. The summed E-state index contributed by atoms with van der Waals surface area (Å²) < 4.78 is 5.39. The van der Waals surface area contributed by atoms with Crippen LogP contribution in [-0.4, -0.2) is 44.6 Å². The smallest absolute Gasteiger partial charge is 0.262 e. The molecule has 0 radical (unpaired) electrons. The number of aryl methyl sites for hydroxylation is 1. The van der Waals surface area contributed by atoms with Crippen molar-refractivity contribution in [1.29, 1.82) is 0 Å². The van der Waals surface area contributed by atoms with Gasteiger partial charge in [-0.2, -0.15) is 0 Å². The number of β-amino-alcohol motifs (C(OH)–C–C–N with tert-alkyl or cyclic N) is 1. The Balaban J connectivity index is 1.69. The minimum atomic E-state index is -0.742. The summed E-state index contributed by atoms with van der Waals surface area (Å²) in [7, 11) is 0. The lowest BCUT2D eigenvalue weighted by Crippen LogP contribution is -2.64. The van der Waals surface area contributed by atoms with Crippen molar-refractivity contribution in [3.05, 3.63) is 28.0 Å². The van der Waals surface area contributed by atoms with Crippen molar-refractivity contribution < 1.29 is 14.3 Å². The summed E-state index contributed by atoms with van der Waals surface area (Å²) in [5, 5.41) is 10.5. The van der Waals surface area contributed by atoms with Crippen LogP contribution in [0.25, 0.3) is 11.1 Å². The number of carbonyl (C=O) groups is 1. The monoisotopic (exact) mass is 289 g/mol. The lowest BCUT2D eigenvalue weighted by atomic mass is 9.88. The van der Waals surface area contributed by atoms with E-state index < -0.39 is 11.2 Å². The van der Waals surface area contributed by atoms with Crippen LogP contribution in [0.1, 0.15) is 29.0 Å². The number of H-pyrrole nitrogens is 1. The van der Waals surface area contributed by atoms with Crippen LogP contribution in [0.2, 0.25) is 0 Å². The summed E-state index contributed by atoms with van der Waals surface area (Å²) in [6, 6.07) is 0. The lowest BCUT2D eigenvalue weighted by Gasteiger charge is -2.46. The summed E-state index contributed by atoms with van der Waals surface area (Å²) in [6.07, 6.45) is 3.29. The first-order chi connectivity index (χ1) is 9.99. The molecular weight excluding hydrogens is 274 g/mol. The van der Waals surface area contributed by atoms with Gasteiger partial charge in [-0.3, -0.25) is 9.59 Å². The Morgan fingerprint density at radius 2 is 2.24 bits per heavy atom. The van der Waals surface area contributed by atoms with Crippen molar-refractivity contribution in [3.8, 4) is 0 Å². The Morgan fingerprint density at radius 1 is 1.52 bits per heavy atom. The Labute approximate surface area is 119 Å². The Bertz CT molecular complexity index is 796. The van der Waals surface area contributed by atoms with E-state index in [1.807, 2.05) is 0 Å². The third kappa shape index (κ3) is 1.73. The Hall–Kier alpha value is -2.15. The van der Waals surface area contributed by atoms with Crippen LogP contribution in [0.4, 0.5) is 0 Å². The van der Waals surface area contributed by atoms with Gasteiger partial charge in [-0.05, 0) is 25.7 Å². The molecule has 2 aromatic rings. The first kappa shape index (κ1) is 12.6. The van der Waals surface area contributed by atoms with Gasteiger partial charge in [0.15, 0.2) is 0 Å². The molecule has 1 aliphatic carbocycles. The predicted octanol–water partition coefficient (Wildman–Crippen LogP) is 0.421. The van der Waals surface area contributed by atoms with Crippen LogP contribution < -0.4 is 5.56 Å². The van der Waals surface area contributed by atoms with Crippen molar-refractivity contribution in [2.24, 2.45) is 5.92 Å². The zero-order valence-electron chi connectivity index (χ0n) is 11.5. The maximum absolute atomic E-state index is 12.6. The molecule has 1 amide bonds. The van der Waals surface area contributed by atoms with E-state index in [0.29, 0.717) is 24.8 Å². The van der Waals surface area contributed by atoms with Crippen LogP contribution in [0.3, 0.4) is 0 Å². The minimum Gasteiger partial charge on any atom is -0.442 e. The van der Waals surface area contributed by atoms with Crippen LogP contribution >= 0.6 is 0 Å². The minimum absolute atomic E-state index is 0.164. The fourth-order valence-corrected chi connectivity index (χ4v) is 3.11. The van der Waals surface area contributed by atoms with Gasteiger partial charge in [0.1, 0.15) is 16.7 Å². The fourth-order valence-electron chi connectivity index (χ4n) is 3.11. The van der Waals surface area contributed by atoms with Gasteiger partial charge in [-0.1, -0.05) is 0 Å². The molecule has 2 fully saturated rings. The van der Waals surface area contributed by atoms with Crippen molar-refractivity contribution in [3.63, 3.8) is 0 Å². The standard InChI is InChI=1S/C14H15N3O4/c1-7-9(10-11(18)15-6-16-12(10)21-7)13(19)17-4-14(20,5-17)8-2-3-8/h6,8,20H,2-5H2,1H3,(H,15,16,18). The quantitative estimate of drug-likeness (QED) is 0.834. The Morgan fingerprint density at radius 3 is 2.90 bits per heavy atom. The highest BCUT2D eigenvalue weighted by molar-refractivity contribution is 6.06. The van der Waals surface area contributed by atoms with Crippen molar-refractivity contribution in [2.45, 2.75) is 25.4 Å². The number of rotatable bonds is 2. The highest BCUT2D eigenvalue weighted by atomic mass is 16.3. The fraction of sp³-hybridized carbons (Fsp3) is 0.500. The number of fused-ring (bicyclic) bond motifs is 1. The van der Waals surface area contributed by atoms with E-state index in [9.17, 15) is 14.7 Å². The zero-order valence-corrected chi connectivity index (χ0v) is 11.5. The third-order valence-electron chi connectivity index (χ3n) is 4.44. The number of nitrogens with one attached hydrogen (secondary N) is 1. The van der Waals surface area contributed by atoms with E-state index in [1.165, 1.54) is 6.33 Å². The molecule has 0 unspecified atom stereocenters. The summed E-state index contributed by atoms with van der Waals surface area (Å²) in [5.41, 5.74) is -0.721. The number of likely N-dealkylation sites (tertiary alicyclic amines) is 1. The highest BCUT2D eigenvalue weighted by Gasteiger charge is 2.53. The Kier molecular flexibility index (Phi) is 2.36. The van der Waals surface area contributed by atoms with Crippen molar-refractivity contribution in [2.75, 3.05) is 13.1 Å². The first-order valence-electron chi connectivity index (χ1n) is 6.98. The number of carbonyl (C=O) groups excluding carboxylic acids is 1. The number of aromatic amines is 1. The maximum atomic E-state index is 12.6. The molecule has 2 aromatic heterocycles. The van der Waals surface area contributed by atoms with E-state index in [0.717, 1.165) is 12.8 Å². The number of nitrogens with zero attached hydrogens (tertiary/aromatic N) is 2. The number of aromatic nitrogens is 2. The van der Waals surface area contributed by atoms with Gasteiger partial charge in [0, 0.05) is 0 Å². The van der Waals surface area contributed by atoms with E-state index in [4.69, 9.17) is 4.42 Å². The SMILES string of the molecule is Cc1oc2nc[nH]c(=O)c2c1C(=O)N1CC(O)(C2CC2)C1. The molecule has 0 aromatic carbocycles. The van der Waals surface area contributed by atoms with E-state index in [2.05, 4.69) is 9.97 Å². The number of amides is 1. The van der Waals surface area contributed by atoms with Gasteiger partial charge >= 0.3 is 0 Å². The molecule has 2 aliphatic rings. The number of hydrogen-bond donors (Lipinski definition) is 2. The largest absolute Gasteiger partial charge is 0.442 e. The summed E-state index contributed by atoms with van der Waals surface area (Å²) in [5.74, 6) is 0.407. The molecule has 1 aliphatic heterocycles. The van der Waals surface area contributed by atoms with Crippen molar-refractivity contribution in [1.82, 2.24) is 14.9 Å². The van der Waals surface area contributed by atoms with Crippen LogP contribution in [-0.2, 0) is 0 Å². The third-order valence-corrected chi connectivity index (χ3v) is 4.44. The molecule has 2 N–H and O–H groups in total. The van der Waals surface area contributed by atoms with Gasteiger partial charge < -0.3 is 19.4 Å². The van der Waals surface area contributed by atoms with Gasteiger partial charge in [0.05, 0.1) is 25.0 Å². The second-order valence-corrected chi connectivity index (χ2v) is 5.98. The number of aliphatic hydroxyl groups is 1. The van der Waals surface area contributed by atoms with Gasteiger partial charge in [-0.15, -0.1) is 0 Å². The normalized spacial score (nSPS) is 20.6. The molecule has 4 rings (SSSR count). The average Bonchev–Trinajstić information content (AvgIpc) is 3.18. The molecule has 3 heterocycles. The zero-order chi connectivity index (χ0) is 14.8. The van der Waals surface area contributed by atoms with Gasteiger partial charge in [-0.25, -0.2) is 4.98 Å². The lowest BCUT2D eigenvalue weighted by molar-refractivity contribution is -0.0958. The molecule has 0 spiro atoms. The summed E-state index contributed by atoms with van der Waals surface area (Å²) in [6.45, 7) is 2.28. The molecule has 1 saturated heterocycles. The molecule has 7 nitrogen and oxygen atoms in total. The van der Waals surface area contributed by atoms with E-state index >= 15 is 0 Å². The number of hydrogen-bond acceptors (Lipinski definition) is 5.